The van der Waals surface area contributed by atoms with Crippen molar-refractivity contribution in [1.29, 1.82) is 0 Å². The summed E-state index contributed by atoms with van der Waals surface area (Å²) in [4.78, 5) is 24.9. The van der Waals surface area contributed by atoms with Crippen LogP contribution in [0, 0.1) is 29.1 Å². The highest BCUT2D eigenvalue weighted by Gasteiger charge is 2.54. The van der Waals surface area contributed by atoms with E-state index in [9.17, 15) is 14.7 Å². The maximum absolute atomic E-state index is 13.3. The van der Waals surface area contributed by atoms with Gasteiger partial charge in [-0.15, -0.1) is 0 Å². The minimum atomic E-state index is -0.286. The highest BCUT2D eigenvalue weighted by atomic mass is 16.5. The molecule has 2 aliphatic rings. The van der Waals surface area contributed by atoms with Crippen molar-refractivity contribution in [1.82, 2.24) is 0 Å². The lowest BCUT2D eigenvalue weighted by atomic mass is 9.49. The predicted octanol–water partition coefficient (Wildman–Crippen LogP) is 4.30. The first-order valence-corrected chi connectivity index (χ1v) is 10.3. The molecule has 0 saturated heterocycles. The minimum absolute atomic E-state index is 0.0348. The molecular formula is C22H36O4. The normalized spacial score (nSPS) is 37.3. The van der Waals surface area contributed by atoms with Gasteiger partial charge in [0.2, 0.25) is 0 Å². The Labute approximate surface area is 158 Å². The molecule has 148 valence electrons. The predicted molar refractivity (Wildman–Crippen MR) is 103 cm³/mol. The molecule has 0 bridgehead atoms. The molecule has 0 aromatic rings. The molecule has 0 amide bonds. The van der Waals surface area contributed by atoms with E-state index in [0.29, 0.717) is 12.3 Å². The topological polar surface area (TPSA) is 63.6 Å². The SMILES string of the molecule is C/C=C1/C(=O)C(CCCC(C)C(=O)OC)C(CC)[C@@]2(C)CC[C@@H](O)C[C@@H]12. The Morgan fingerprint density at radius 1 is 1.46 bits per heavy atom. The molecule has 2 aliphatic carbocycles. The van der Waals surface area contributed by atoms with Gasteiger partial charge in [0.1, 0.15) is 0 Å². The van der Waals surface area contributed by atoms with Gasteiger partial charge in [-0.2, -0.15) is 0 Å². The van der Waals surface area contributed by atoms with Gasteiger partial charge in [-0.3, -0.25) is 9.59 Å². The first kappa shape index (κ1) is 21.1. The maximum atomic E-state index is 13.3. The van der Waals surface area contributed by atoms with Gasteiger partial charge in [0.15, 0.2) is 5.78 Å². The number of ether oxygens (including phenoxy) is 1. The highest BCUT2D eigenvalue weighted by molar-refractivity contribution is 5.99. The number of hydrogen-bond acceptors (Lipinski definition) is 4. The van der Waals surface area contributed by atoms with Gasteiger partial charge in [0, 0.05) is 5.92 Å². The van der Waals surface area contributed by atoms with Gasteiger partial charge in [-0.1, -0.05) is 39.7 Å². The van der Waals surface area contributed by atoms with Crippen LogP contribution in [0.2, 0.25) is 0 Å². The lowest BCUT2D eigenvalue weighted by Crippen LogP contribution is -2.52. The molecule has 3 unspecified atom stereocenters. The summed E-state index contributed by atoms with van der Waals surface area (Å²) in [6.45, 7) is 8.37. The molecule has 0 heterocycles. The van der Waals surface area contributed by atoms with E-state index >= 15 is 0 Å². The molecule has 6 atom stereocenters. The van der Waals surface area contributed by atoms with Gasteiger partial charge in [-0.05, 0) is 61.9 Å². The third-order valence-corrected chi connectivity index (χ3v) is 7.16. The fourth-order valence-corrected chi connectivity index (χ4v) is 5.65. The third-order valence-electron chi connectivity index (χ3n) is 7.16. The monoisotopic (exact) mass is 364 g/mol. The number of allylic oxidation sites excluding steroid dienone is 2. The summed E-state index contributed by atoms with van der Waals surface area (Å²) >= 11 is 0. The van der Waals surface area contributed by atoms with Crippen molar-refractivity contribution in [2.24, 2.45) is 29.1 Å². The van der Waals surface area contributed by atoms with E-state index in [1.54, 1.807) is 0 Å². The van der Waals surface area contributed by atoms with Crippen LogP contribution in [0.15, 0.2) is 11.6 Å². The van der Waals surface area contributed by atoms with E-state index < -0.39 is 0 Å². The highest BCUT2D eigenvalue weighted by Crippen LogP contribution is 2.57. The fourth-order valence-electron chi connectivity index (χ4n) is 5.65. The smallest absolute Gasteiger partial charge is 0.308 e. The zero-order valence-corrected chi connectivity index (χ0v) is 17.1. The number of esters is 1. The van der Waals surface area contributed by atoms with E-state index in [1.807, 2.05) is 19.9 Å². The van der Waals surface area contributed by atoms with Crippen molar-refractivity contribution in [2.75, 3.05) is 7.11 Å². The molecule has 26 heavy (non-hydrogen) atoms. The zero-order valence-electron chi connectivity index (χ0n) is 17.1. The van der Waals surface area contributed by atoms with Crippen molar-refractivity contribution >= 4 is 11.8 Å². The summed E-state index contributed by atoms with van der Waals surface area (Å²) < 4.78 is 4.81. The number of Topliss-reactive ketones (excluding diaryl/α,β-unsaturated/α-hetero) is 1. The number of methoxy groups -OCH3 is 1. The molecule has 0 aromatic heterocycles. The number of ketones is 1. The van der Waals surface area contributed by atoms with Crippen LogP contribution in [0.3, 0.4) is 0 Å². The molecule has 0 aliphatic heterocycles. The molecule has 0 spiro atoms. The molecule has 0 aromatic carbocycles. The number of carbonyl (C=O) groups excluding carboxylic acids is 2. The number of fused-ring (bicyclic) bond motifs is 1. The Bertz CT molecular complexity index is 552. The van der Waals surface area contributed by atoms with E-state index in [0.717, 1.165) is 44.1 Å². The summed E-state index contributed by atoms with van der Waals surface area (Å²) in [6, 6.07) is 0. The van der Waals surface area contributed by atoms with Crippen molar-refractivity contribution in [3.63, 3.8) is 0 Å². The maximum Gasteiger partial charge on any atom is 0.308 e. The first-order chi connectivity index (χ1) is 12.3. The molecule has 2 rings (SSSR count). The Balaban J connectivity index is 2.18. The van der Waals surface area contributed by atoms with Gasteiger partial charge in [-0.25, -0.2) is 0 Å². The van der Waals surface area contributed by atoms with Gasteiger partial charge < -0.3 is 9.84 Å². The van der Waals surface area contributed by atoms with Gasteiger partial charge in [0.25, 0.3) is 0 Å². The fraction of sp³-hybridized carbons (Fsp3) is 0.818. The molecular weight excluding hydrogens is 328 g/mol. The van der Waals surface area contributed by atoms with Crippen molar-refractivity contribution in [3.8, 4) is 0 Å². The number of aliphatic hydroxyl groups is 1. The van der Waals surface area contributed by atoms with Crippen LogP contribution in [-0.2, 0) is 14.3 Å². The molecule has 2 saturated carbocycles. The van der Waals surface area contributed by atoms with Crippen LogP contribution in [0.4, 0.5) is 0 Å². The second kappa shape index (κ2) is 8.69. The van der Waals surface area contributed by atoms with Crippen molar-refractivity contribution < 1.29 is 19.4 Å². The van der Waals surface area contributed by atoms with Crippen LogP contribution < -0.4 is 0 Å². The van der Waals surface area contributed by atoms with E-state index in [4.69, 9.17) is 4.74 Å². The largest absolute Gasteiger partial charge is 0.469 e. The first-order valence-electron chi connectivity index (χ1n) is 10.3. The van der Waals surface area contributed by atoms with E-state index in [2.05, 4.69) is 13.8 Å². The van der Waals surface area contributed by atoms with Crippen LogP contribution in [0.1, 0.15) is 72.6 Å². The van der Waals surface area contributed by atoms with Crippen molar-refractivity contribution in [3.05, 3.63) is 11.6 Å². The Kier molecular flexibility index (Phi) is 7.06. The summed E-state index contributed by atoms with van der Waals surface area (Å²) in [6.07, 6.45) is 7.68. The van der Waals surface area contributed by atoms with Crippen LogP contribution in [0.5, 0.6) is 0 Å². The average Bonchev–Trinajstić information content (AvgIpc) is 2.62. The van der Waals surface area contributed by atoms with Gasteiger partial charge >= 0.3 is 5.97 Å². The second-order valence-electron chi connectivity index (χ2n) is 8.57. The number of aliphatic hydroxyl groups excluding tert-OH is 1. The van der Waals surface area contributed by atoms with E-state index in [-0.39, 0.29) is 41.0 Å². The third kappa shape index (κ3) is 3.90. The number of carbonyl (C=O) groups is 2. The molecule has 2 fully saturated rings. The lowest BCUT2D eigenvalue weighted by Gasteiger charge is -2.55. The lowest BCUT2D eigenvalue weighted by molar-refractivity contribution is -0.145. The minimum Gasteiger partial charge on any atom is -0.469 e. The molecule has 0 radical (unpaired) electrons. The Morgan fingerprint density at radius 3 is 2.73 bits per heavy atom. The molecule has 1 N–H and O–H groups in total. The second-order valence-corrected chi connectivity index (χ2v) is 8.57. The van der Waals surface area contributed by atoms with Gasteiger partial charge in [0.05, 0.1) is 19.1 Å². The Morgan fingerprint density at radius 2 is 2.15 bits per heavy atom. The Hall–Kier alpha value is -1.16. The zero-order chi connectivity index (χ0) is 19.5. The quantitative estimate of drug-likeness (QED) is 0.564. The standard InChI is InChI=1S/C22H36O4/c1-6-16-19-13-15(23)11-12-22(19,4)18(7-2)17(20(16)24)10-8-9-14(3)21(25)26-5/h6,14-15,17-19,23H,7-13H2,1-5H3/b16-6+/t14?,15-,17?,18?,19+,22-/m1/s1. The molecule has 4 heteroatoms. The summed E-state index contributed by atoms with van der Waals surface area (Å²) in [5.41, 5.74) is 1.02. The summed E-state index contributed by atoms with van der Waals surface area (Å²) in [7, 11) is 1.42. The molecule has 4 nitrogen and oxygen atoms in total. The van der Waals surface area contributed by atoms with Crippen LogP contribution in [0.25, 0.3) is 0 Å². The van der Waals surface area contributed by atoms with E-state index in [1.165, 1.54) is 7.11 Å². The number of hydrogen-bond donors (Lipinski definition) is 1. The average molecular weight is 365 g/mol. The van der Waals surface area contributed by atoms with Crippen LogP contribution in [-0.4, -0.2) is 30.1 Å². The van der Waals surface area contributed by atoms with Crippen molar-refractivity contribution in [2.45, 2.75) is 78.7 Å². The summed E-state index contributed by atoms with van der Waals surface area (Å²) in [5, 5.41) is 10.2. The number of rotatable bonds is 6. The summed E-state index contributed by atoms with van der Waals surface area (Å²) in [5.74, 6) is 0.556. The van der Waals surface area contributed by atoms with Crippen LogP contribution >= 0.6 is 0 Å².